The lowest BCUT2D eigenvalue weighted by Gasteiger charge is -2.13. The maximum Gasteiger partial charge on any atom is 0.0730 e. The van der Waals surface area contributed by atoms with E-state index in [-0.39, 0.29) is 0 Å². The highest BCUT2D eigenvalue weighted by molar-refractivity contribution is 6.09. The molecule has 5 aromatic rings. The van der Waals surface area contributed by atoms with Gasteiger partial charge in [0.1, 0.15) is 0 Å². The Labute approximate surface area is 182 Å². The lowest BCUT2D eigenvalue weighted by Crippen LogP contribution is -1.99. The predicted molar refractivity (Wildman–Crippen MR) is 133 cm³/mol. The predicted octanol–water partition coefficient (Wildman–Crippen LogP) is 7.74. The summed E-state index contributed by atoms with van der Waals surface area (Å²) in [7, 11) is 0. The molecule has 0 radical (unpaired) electrons. The number of hydrogen-bond acceptors (Lipinski definition) is 1. The average molecular weight is 401 g/mol. The van der Waals surface area contributed by atoms with Crippen LogP contribution in [-0.2, 0) is 0 Å². The Balaban J connectivity index is 1.86. The molecule has 0 saturated carbocycles. The molecule has 31 heavy (non-hydrogen) atoms. The second-order valence-corrected chi connectivity index (χ2v) is 7.92. The first-order chi connectivity index (χ1) is 15.2. The van der Waals surface area contributed by atoms with Crippen LogP contribution >= 0.6 is 0 Å². The Kier molecular flexibility index (Phi) is 4.76. The Morgan fingerprint density at radius 1 is 0.839 bits per heavy atom. The third kappa shape index (κ3) is 3.36. The summed E-state index contributed by atoms with van der Waals surface area (Å²) in [6.07, 6.45) is 3.82. The van der Waals surface area contributed by atoms with Gasteiger partial charge in [0.15, 0.2) is 0 Å². The zero-order valence-corrected chi connectivity index (χ0v) is 17.8. The van der Waals surface area contributed by atoms with Crippen molar-refractivity contribution in [3.05, 3.63) is 115 Å². The van der Waals surface area contributed by atoms with Crippen LogP contribution in [0, 0.1) is 6.92 Å². The van der Waals surface area contributed by atoms with Crippen LogP contribution in [0.2, 0.25) is 0 Å². The summed E-state index contributed by atoms with van der Waals surface area (Å²) >= 11 is 0. The molecule has 2 nitrogen and oxygen atoms in total. The number of fused-ring (bicyclic) bond motifs is 3. The molecule has 3 aromatic carbocycles. The van der Waals surface area contributed by atoms with Crippen molar-refractivity contribution in [2.45, 2.75) is 13.8 Å². The van der Waals surface area contributed by atoms with Gasteiger partial charge in [0, 0.05) is 16.3 Å². The summed E-state index contributed by atoms with van der Waals surface area (Å²) in [6.45, 7) is 8.09. The van der Waals surface area contributed by atoms with Crippen LogP contribution in [0.5, 0.6) is 0 Å². The van der Waals surface area contributed by atoms with Gasteiger partial charge < -0.3 is 4.57 Å². The molecule has 0 bridgehead atoms. The maximum atomic E-state index is 4.98. The van der Waals surface area contributed by atoms with E-state index in [1.54, 1.807) is 0 Å². The molecule has 0 aliphatic carbocycles. The van der Waals surface area contributed by atoms with Crippen molar-refractivity contribution in [3.63, 3.8) is 0 Å². The minimum Gasteiger partial charge on any atom is -0.309 e. The van der Waals surface area contributed by atoms with E-state index in [0.717, 1.165) is 28.2 Å². The van der Waals surface area contributed by atoms with E-state index in [0.29, 0.717) is 0 Å². The number of rotatable bonds is 4. The molecule has 2 heteroatoms. The van der Waals surface area contributed by atoms with Gasteiger partial charge in [0.05, 0.1) is 28.1 Å². The fraction of sp³-hybridized carbons (Fsp3) is 0.0690. The smallest absolute Gasteiger partial charge is 0.0730 e. The largest absolute Gasteiger partial charge is 0.309 e. The van der Waals surface area contributed by atoms with Crippen LogP contribution in [-0.4, -0.2) is 9.55 Å². The van der Waals surface area contributed by atoms with Gasteiger partial charge in [-0.3, -0.25) is 0 Å². The zero-order chi connectivity index (χ0) is 21.4. The Morgan fingerprint density at radius 3 is 2.39 bits per heavy atom. The number of hydrogen-bond donors (Lipinski definition) is 0. The van der Waals surface area contributed by atoms with E-state index < -0.39 is 0 Å². The third-order valence-electron chi connectivity index (χ3n) is 5.74. The topological polar surface area (TPSA) is 17.8 Å². The van der Waals surface area contributed by atoms with E-state index in [4.69, 9.17) is 4.98 Å². The molecule has 0 spiro atoms. The second kappa shape index (κ2) is 7.73. The van der Waals surface area contributed by atoms with E-state index >= 15 is 0 Å². The van der Waals surface area contributed by atoms with Crippen LogP contribution in [0.4, 0.5) is 0 Å². The minimum atomic E-state index is 0.953. The molecule has 0 fully saturated rings. The molecule has 2 heterocycles. The summed E-state index contributed by atoms with van der Waals surface area (Å²) in [5.41, 5.74) is 8.88. The van der Waals surface area contributed by atoms with Gasteiger partial charge in [-0.25, -0.2) is 4.98 Å². The van der Waals surface area contributed by atoms with E-state index in [1.807, 2.05) is 18.2 Å². The van der Waals surface area contributed by atoms with Crippen molar-refractivity contribution in [2.75, 3.05) is 0 Å². The highest BCUT2D eigenvalue weighted by Crippen LogP contribution is 2.34. The fourth-order valence-electron chi connectivity index (χ4n) is 4.23. The lowest BCUT2D eigenvalue weighted by atomic mass is 10.1. The molecular formula is C29H24N2. The SMILES string of the molecule is C=C/C=C(\C)c1cc(-n2c3ccccc3c3cc(C)ccc32)cc(-c2ccccc2)n1. The van der Waals surface area contributed by atoms with E-state index in [2.05, 4.69) is 104 Å². The number of pyridine rings is 1. The van der Waals surface area contributed by atoms with Crippen molar-refractivity contribution >= 4 is 27.4 Å². The highest BCUT2D eigenvalue weighted by Gasteiger charge is 2.14. The van der Waals surface area contributed by atoms with Gasteiger partial charge in [-0.05, 0) is 49.8 Å². The fourth-order valence-corrected chi connectivity index (χ4v) is 4.23. The molecular weight excluding hydrogens is 376 g/mol. The molecule has 0 saturated heterocycles. The van der Waals surface area contributed by atoms with Gasteiger partial charge in [-0.1, -0.05) is 78.9 Å². The van der Waals surface area contributed by atoms with Gasteiger partial charge in [-0.2, -0.15) is 0 Å². The summed E-state index contributed by atoms with van der Waals surface area (Å²) in [4.78, 5) is 4.98. The third-order valence-corrected chi connectivity index (χ3v) is 5.74. The number of nitrogens with zero attached hydrogens (tertiary/aromatic N) is 2. The molecule has 0 unspecified atom stereocenters. The van der Waals surface area contributed by atoms with Gasteiger partial charge in [-0.15, -0.1) is 0 Å². The number of benzene rings is 3. The normalized spacial score (nSPS) is 11.9. The lowest BCUT2D eigenvalue weighted by molar-refractivity contribution is 1.14. The van der Waals surface area contributed by atoms with E-state index in [9.17, 15) is 0 Å². The monoisotopic (exact) mass is 400 g/mol. The summed E-state index contributed by atoms with van der Waals surface area (Å²) < 4.78 is 2.35. The van der Waals surface area contributed by atoms with Crippen molar-refractivity contribution < 1.29 is 0 Å². The number of allylic oxidation sites excluding steroid dienone is 3. The standard InChI is InChI=1S/C29H24N2/c1-4-10-21(3)26-18-23(19-27(30-26)22-11-6-5-7-12-22)31-28-14-9-8-13-24(28)25-17-20(2)15-16-29(25)31/h4-19H,1H2,2-3H3/b21-10+. The number of aromatic nitrogens is 2. The van der Waals surface area contributed by atoms with Crippen LogP contribution in [0.3, 0.4) is 0 Å². The van der Waals surface area contributed by atoms with Crippen LogP contribution in [0.25, 0.3) is 44.3 Å². The highest BCUT2D eigenvalue weighted by atomic mass is 15.0. The summed E-state index contributed by atoms with van der Waals surface area (Å²) in [6, 6.07) is 30.0. The molecule has 0 aliphatic rings. The van der Waals surface area contributed by atoms with Crippen molar-refractivity contribution in [3.8, 4) is 16.9 Å². The molecule has 0 N–H and O–H groups in total. The number of aryl methyl sites for hydroxylation is 1. The first-order valence-electron chi connectivity index (χ1n) is 10.5. The van der Waals surface area contributed by atoms with E-state index in [1.165, 1.54) is 27.4 Å². The van der Waals surface area contributed by atoms with Gasteiger partial charge >= 0.3 is 0 Å². The first-order valence-corrected chi connectivity index (χ1v) is 10.5. The molecule has 0 amide bonds. The maximum absolute atomic E-state index is 4.98. The Morgan fingerprint density at radius 2 is 1.58 bits per heavy atom. The van der Waals surface area contributed by atoms with Crippen LogP contribution in [0.1, 0.15) is 18.2 Å². The average Bonchev–Trinajstić information content (AvgIpc) is 3.13. The first kappa shape index (κ1) is 19.1. The molecule has 0 aliphatic heterocycles. The summed E-state index contributed by atoms with van der Waals surface area (Å²) in [5.74, 6) is 0. The van der Waals surface area contributed by atoms with Gasteiger partial charge in [0.25, 0.3) is 0 Å². The van der Waals surface area contributed by atoms with Crippen LogP contribution < -0.4 is 0 Å². The number of para-hydroxylation sites is 1. The second-order valence-electron chi connectivity index (χ2n) is 7.92. The van der Waals surface area contributed by atoms with Crippen molar-refractivity contribution in [1.29, 1.82) is 0 Å². The quantitative estimate of drug-likeness (QED) is 0.282. The molecule has 5 rings (SSSR count). The molecule has 2 aromatic heterocycles. The van der Waals surface area contributed by atoms with Crippen molar-refractivity contribution in [2.24, 2.45) is 0 Å². The summed E-state index contributed by atoms with van der Waals surface area (Å²) in [5, 5.41) is 2.53. The van der Waals surface area contributed by atoms with Gasteiger partial charge in [0.2, 0.25) is 0 Å². The Hall–Kier alpha value is -3.91. The molecule has 150 valence electrons. The molecule has 0 atom stereocenters. The zero-order valence-electron chi connectivity index (χ0n) is 17.8. The van der Waals surface area contributed by atoms with Crippen molar-refractivity contribution in [1.82, 2.24) is 9.55 Å². The Bertz CT molecular complexity index is 1450. The van der Waals surface area contributed by atoms with Crippen LogP contribution in [0.15, 0.2) is 104 Å². The minimum absolute atomic E-state index is 0.953.